The van der Waals surface area contributed by atoms with Gasteiger partial charge in [-0.3, -0.25) is 9.69 Å². The van der Waals surface area contributed by atoms with E-state index in [2.05, 4.69) is 26.6 Å². The molecule has 1 amide bonds. The molecule has 1 heterocycles. The van der Waals surface area contributed by atoms with E-state index in [9.17, 15) is 22.4 Å². The number of amides is 1. The Bertz CT molecular complexity index is 561. The molecular weight excluding hydrogens is 382 g/mol. The Labute approximate surface area is 139 Å². The molecule has 0 bridgehead atoms. The Hall–Kier alpha value is -1.19. The number of nitrogens with one attached hydrogen (secondary N) is 2. The number of nitrogens with zero attached hydrogens (tertiary/aromatic N) is 1. The number of benzene rings is 1. The molecule has 1 aromatic carbocycles. The van der Waals surface area contributed by atoms with Crippen LogP contribution in [0.25, 0.3) is 0 Å². The topological polar surface area (TPSA) is 44.4 Å². The first-order chi connectivity index (χ1) is 10.8. The summed E-state index contributed by atoms with van der Waals surface area (Å²) in [5.41, 5.74) is 0.0904. The van der Waals surface area contributed by atoms with Crippen LogP contribution in [0.2, 0.25) is 0 Å². The highest BCUT2D eigenvalue weighted by molar-refractivity contribution is 9.10. The first-order valence-corrected chi connectivity index (χ1v) is 7.83. The Morgan fingerprint density at radius 3 is 2.57 bits per heavy atom. The second-order valence-electron chi connectivity index (χ2n) is 5.18. The number of carbonyl (C=O) groups excluding carboxylic acids is 1. The molecule has 1 saturated heterocycles. The average Bonchev–Trinajstić information content (AvgIpc) is 2.47. The second-order valence-corrected chi connectivity index (χ2v) is 6.03. The van der Waals surface area contributed by atoms with E-state index in [1.807, 2.05) is 0 Å². The maximum absolute atomic E-state index is 13.2. The van der Waals surface area contributed by atoms with Crippen molar-refractivity contribution in [3.8, 4) is 0 Å². The monoisotopic (exact) mass is 397 g/mol. The third-order valence-corrected chi connectivity index (χ3v) is 4.26. The Balaban J connectivity index is 2.04. The maximum Gasteiger partial charge on any atom is 0.405 e. The first kappa shape index (κ1) is 18.2. The highest BCUT2D eigenvalue weighted by atomic mass is 79.9. The lowest BCUT2D eigenvalue weighted by atomic mass is 10.1. The summed E-state index contributed by atoms with van der Waals surface area (Å²) >= 11 is 3.03. The SMILES string of the molecule is O=C(NCC(N1CCNCC1)C(F)(F)F)c1ccc(F)cc1Br. The Kier molecular flexibility index (Phi) is 5.99. The van der Waals surface area contributed by atoms with Gasteiger partial charge in [-0.25, -0.2) is 4.39 Å². The zero-order valence-corrected chi connectivity index (χ0v) is 13.7. The molecule has 9 heteroatoms. The number of rotatable bonds is 4. The number of alkyl halides is 3. The van der Waals surface area contributed by atoms with Gasteiger partial charge in [-0.1, -0.05) is 0 Å². The summed E-state index contributed by atoms with van der Waals surface area (Å²) in [4.78, 5) is 13.3. The van der Waals surface area contributed by atoms with Crippen molar-refractivity contribution in [2.75, 3.05) is 32.7 Å². The number of carbonyl (C=O) groups is 1. The fourth-order valence-corrected chi connectivity index (χ4v) is 2.93. The molecular formula is C14H16BrF4N3O. The molecule has 4 nitrogen and oxygen atoms in total. The summed E-state index contributed by atoms with van der Waals surface area (Å²) in [6.45, 7) is 0.931. The van der Waals surface area contributed by atoms with Gasteiger partial charge < -0.3 is 10.6 Å². The molecule has 1 aliphatic heterocycles. The van der Waals surface area contributed by atoms with Crippen LogP contribution in [0, 0.1) is 5.82 Å². The molecule has 0 aromatic heterocycles. The van der Waals surface area contributed by atoms with E-state index in [0.29, 0.717) is 13.1 Å². The molecule has 1 atom stereocenters. The maximum atomic E-state index is 13.2. The van der Waals surface area contributed by atoms with E-state index in [-0.39, 0.29) is 23.1 Å². The minimum atomic E-state index is -4.44. The number of piperazine rings is 1. The fraction of sp³-hybridized carbons (Fsp3) is 0.500. The van der Waals surface area contributed by atoms with Gasteiger partial charge in [0.2, 0.25) is 0 Å². The van der Waals surface area contributed by atoms with Gasteiger partial charge >= 0.3 is 6.18 Å². The van der Waals surface area contributed by atoms with E-state index >= 15 is 0 Å². The van der Waals surface area contributed by atoms with E-state index < -0.39 is 30.5 Å². The zero-order valence-electron chi connectivity index (χ0n) is 12.1. The van der Waals surface area contributed by atoms with Gasteiger partial charge in [0.1, 0.15) is 11.9 Å². The summed E-state index contributed by atoms with van der Waals surface area (Å²) in [6, 6.07) is 1.65. The molecule has 2 N–H and O–H groups in total. The molecule has 23 heavy (non-hydrogen) atoms. The summed E-state index contributed by atoms with van der Waals surface area (Å²) in [5.74, 6) is -1.22. The van der Waals surface area contributed by atoms with Crippen molar-refractivity contribution in [1.29, 1.82) is 0 Å². The Morgan fingerprint density at radius 1 is 1.35 bits per heavy atom. The standard InChI is InChI=1S/C14H16BrF4N3O/c15-11-7-9(16)1-2-10(11)13(23)21-8-12(14(17,18)19)22-5-3-20-4-6-22/h1-2,7,12,20H,3-6,8H2,(H,21,23). The van der Waals surface area contributed by atoms with E-state index in [0.717, 1.165) is 12.1 Å². The van der Waals surface area contributed by atoms with Gasteiger partial charge in [-0.2, -0.15) is 13.2 Å². The molecule has 2 rings (SSSR count). The van der Waals surface area contributed by atoms with Crippen LogP contribution in [0.3, 0.4) is 0 Å². The molecule has 0 spiro atoms. The summed E-state index contributed by atoms with van der Waals surface area (Å²) in [5, 5.41) is 5.28. The van der Waals surface area contributed by atoms with Crippen molar-refractivity contribution in [1.82, 2.24) is 15.5 Å². The quantitative estimate of drug-likeness (QED) is 0.765. The van der Waals surface area contributed by atoms with E-state index in [1.165, 1.54) is 11.0 Å². The van der Waals surface area contributed by atoms with Crippen LogP contribution in [-0.4, -0.2) is 55.7 Å². The molecule has 1 aliphatic rings. The van der Waals surface area contributed by atoms with Crippen LogP contribution in [-0.2, 0) is 0 Å². The minimum absolute atomic E-state index is 0.0904. The van der Waals surface area contributed by atoms with Gasteiger partial charge in [0.05, 0.1) is 5.56 Å². The molecule has 0 aliphatic carbocycles. The van der Waals surface area contributed by atoms with Crippen LogP contribution in [0.4, 0.5) is 17.6 Å². The van der Waals surface area contributed by atoms with E-state index in [4.69, 9.17) is 0 Å². The van der Waals surface area contributed by atoms with Crippen LogP contribution in [0.15, 0.2) is 22.7 Å². The van der Waals surface area contributed by atoms with Crippen LogP contribution in [0.1, 0.15) is 10.4 Å². The molecule has 128 valence electrons. The predicted octanol–water partition coefficient (Wildman–Crippen LogP) is 2.15. The second kappa shape index (κ2) is 7.59. The van der Waals surface area contributed by atoms with Gasteiger partial charge in [0.15, 0.2) is 0 Å². The average molecular weight is 398 g/mol. The van der Waals surface area contributed by atoms with Crippen molar-refractivity contribution in [3.05, 3.63) is 34.1 Å². The van der Waals surface area contributed by atoms with Gasteiger partial charge in [-0.15, -0.1) is 0 Å². The molecule has 1 fully saturated rings. The van der Waals surface area contributed by atoms with Crippen molar-refractivity contribution in [2.24, 2.45) is 0 Å². The lowest BCUT2D eigenvalue weighted by molar-refractivity contribution is -0.183. The molecule has 0 radical (unpaired) electrons. The van der Waals surface area contributed by atoms with Crippen LogP contribution in [0.5, 0.6) is 0 Å². The van der Waals surface area contributed by atoms with Crippen LogP contribution < -0.4 is 10.6 Å². The minimum Gasteiger partial charge on any atom is -0.350 e. The summed E-state index contributed by atoms with van der Waals surface area (Å²) < 4.78 is 52.8. The first-order valence-electron chi connectivity index (χ1n) is 7.04. The molecule has 1 aromatic rings. The van der Waals surface area contributed by atoms with Gasteiger partial charge in [-0.05, 0) is 34.1 Å². The predicted molar refractivity (Wildman–Crippen MR) is 80.7 cm³/mol. The fourth-order valence-electron chi connectivity index (χ4n) is 2.40. The largest absolute Gasteiger partial charge is 0.405 e. The molecule has 1 unspecified atom stereocenters. The summed E-state index contributed by atoms with van der Waals surface area (Å²) in [7, 11) is 0. The van der Waals surface area contributed by atoms with Crippen LogP contribution >= 0.6 is 15.9 Å². The Morgan fingerprint density at radius 2 is 2.00 bits per heavy atom. The highest BCUT2D eigenvalue weighted by Gasteiger charge is 2.43. The number of halogens is 5. The lowest BCUT2D eigenvalue weighted by Gasteiger charge is -2.35. The third-order valence-electron chi connectivity index (χ3n) is 3.60. The van der Waals surface area contributed by atoms with Crippen molar-refractivity contribution in [2.45, 2.75) is 12.2 Å². The lowest BCUT2D eigenvalue weighted by Crippen LogP contribution is -2.57. The van der Waals surface area contributed by atoms with Crippen molar-refractivity contribution < 1.29 is 22.4 Å². The normalized spacial score (nSPS) is 17.8. The van der Waals surface area contributed by atoms with Crippen molar-refractivity contribution >= 4 is 21.8 Å². The van der Waals surface area contributed by atoms with Gasteiger partial charge in [0.25, 0.3) is 5.91 Å². The van der Waals surface area contributed by atoms with Crippen molar-refractivity contribution in [3.63, 3.8) is 0 Å². The zero-order chi connectivity index (χ0) is 17.0. The van der Waals surface area contributed by atoms with Gasteiger partial charge in [0, 0.05) is 37.2 Å². The smallest absolute Gasteiger partial charge is 0.350 e. The van der Waals surface area contributed by atoms with E-state index in [1.54, 1.807) is 0 Å². The number of hydrogen-bond acceptors (Lipinski definition) is 3. The summed E-state index contributed by atoms with van der Waals surface area (Å²) in [6.07, 6.45) is -4.44. The number of hydrogen-bond donors (Lipinski definition) is 2. The third kappa shape index (κ3) is 4.89. The highest BCUT2D eigenvalue weighted by Crippen LogP contribution is 2.25. The molecule has 0 saturated carbocycles.